The van der Waals surface area contributed by atoms with Crippen molar-refractivity contribution in [2.24, 2.45) is 0 Å². The lowest BCUT2D eigenvalue weighted by atomic mass is 9.86. The Bertz CT molecular complexity index is 595. The van der Waals surface area contributed by atoms with Gasteiger partial charge in [0.1, 0.15) is 23.9 Å². The quantitative estimate of drug-likeness (QED) is 0.137. The molecule has 1 heterocycles. The fraction of sp³-hybridized carbons (Fsp3) is 0.966. The SMILES string of the molecule is CCCCOCC(O[C@@]1(C(C)OCCCC)C[C@H](CO)N[C@@H]1C(=O)OC)[C@H](COCCCC)OCCCC. The number of hydrogen-bond donors (Lipinski definition) is 2. The number of aliphatic hydroxyl groups excluding tert-OH is 1. The molecule has 1 aliphatic heterocycles. The molecule has 6 atom stereocenters. The fourth-order valence-electron chi connectivity index (χ4n) is 4.63. The Morgan fingerprint density at radius 3 is 1.92 bits per heavy atom. The van der Waals surface area contributed by atoms with Crippen LogP contribution in [0, 0.1) is 0 Å². The van der Waals surface area contributed by atoms with Crippen LogP contribution in [-0.4, -0.2) is 100 Å². The second kappa shape index (κ2) is 21.0. The standard InChI is InChI=1S/C29H57NO8/c1-7-11-15-34-21-25(37-18-14-10-4)26(22-35-16-12-8-2)38-29(23(5)36-17-13-9-3)19-24(20-31)30-27(29)28(32)33-6/h23-27,30-31H,7-22H2,1-6H3/t23?,24-,25+,26?,27-,29-/m1/s1. The molecule has 0 bridgehead atoms. The van der Waals surface area contributed by atoms with Gasteiger partial charge in [-0.25, -0.2) is 0 Å². The Labute approximate surface area is 231 Å². The Morgan fingerprint density at radius 2 is 1.39 bits per heavy atom. The van der Waals surface area contributed by atoms with Crippen molar-refractivity contribution in [2.75, 3.05) is 53.4 Å². The topological polar surface area (TPSA) is 105 Å². The molecule has 226 valence electrons. The monoisotopic (exact) mass is 547 g/mol. The number of unbranched alkanes of at least 4 members (excludes halogenated alkanes) is 4. The highest BCUT2D eigenvalue weighted by molar-refractivity contribution is 5.78. The highest BCUT2D eigenvalue weighted by Crippen LogP contribution is 2.37. The molecule has 0 aromatic heterocycles. The van der Waals surface area contributed by atoms with Gasteiger partial charge in [0.25, 0.3) is 0 Å². The normalized spacial score (nSPS) is 23.9. The first-order chi connectivity index (χ1) is 18.4. The molecule has 0 amide bonds. The predicted molar refractivity (Wildman–Crippen MR) is 148 cm³/mol. The second-order valence-electron chi connectivity index (χ2n) is 10.3. The average molecular weight is 548 g/mol. The Morgan fingerprint density at radius 1 is 0.868 bits per heavy atom. The minimum Gasteiger partial charge on any atom is -0.468 e. The van der Waals surface area contributed by atoms with Gasteiger partial charge in [0.05, 0.1) is 33.0 Å². The van der Waals surface area contributed by atoms with Gasteiger partial charge >= 0.3 is 5.97 Å². The van der Waals surface area contributed by atoms with E-state index in [0.29, 0.717) is 46.1 Å². The number of aliphatic hydroxyl groups is 1. The van der Waals surface area contributed by atoms with E-state index in [9.17, 15) is 9.90 Å². The van der Waals surface area contributed by atoms with E-state index in [1.54, 1.807) is 0 Å². The molecule has 0 spiro atoms. The molecular formula is C29H57NO8. The molecule has 1 aliphatic rings. The Balaban J connectivity index is 3.35. The van der Waals surface area contributed by atoms with Crippen LogP contribution in [-0.2, 0) is 33.2 Å². The number of esters is 1. The fourth-order valence-corrected chi connectivity index (χ4v) is 4.63. The summed E-state index contributed by atoms with van der Waals surface area (Å²) in [5, 5.41) is 13.3. The summed E-state index contributed by atoms with van der Waals surface area (Å²) in [7, 11) is 1.37. The van der Waals surface area contributed by atoms with Crippen LogP contribution in [0.4, 0.5) is 0 Å². The minimum absolute atomic E-state index is 0.130. The third-order valence-corrected chi connectivity index (χ3v) is 7.13. The Hall–Kier alpha value is -0.810. The molecule has 1 rings (SSSR count). The van der Waals surface area contributed by atoms with Crippen molar-refractivity contribution < 1.29 is 38.3 Å². The first-order valence-corrected chi connectivity index (χ1v) is 14.9. The van der Waals surface area contributed by atoms with Crippen molar-refractivity contribution >= 4 is 5.97 Å². The van der Waals surface area contributed by atoms with Crippen LogP contribution < -0.4 is 5.32 Å². The summed E-state index contributed by atoms with van der Waals surface area (Å²) in [6.07, 6.45) is 6.88. The summed E-state index contributed by atoms with van der Waals surface area (Å²) in [6.45, 7) is 13.4. The van der Waals surface area contributed by atoms with Crippen molar-refractivity contribution in [3.05, 3.63) is 0 Å². The van der Waals surface area contributed by atoms with Crippen molar-refractivity contribution in [3.63, 3.8) is 0 Å². The maximum Gasteiger partial charge on any atom is 0.325 e. The third-order valence-electron chi connectivity index (χ3n) is 7.13. The lowest BCUT2D eigenvalue weighted by Crippen LogP contribution is -2.60. The largest absolute Gasteiger partial charge is 0.468 e. The first kappa shape index (κ1) is 35.2. The van der Waals surface area contributed by atoms with E-state index in [2.05, 4.69) is 33.0 Å². The van der Waals surface area contributed by atoms with Crippen molar-refractivity contribution in [1.82, 2.24) is 5.32 Å². The molecule has 0 aromatic carbocycles. The number of ether oxygens (including phenoxy) is 6. The highest BCUT2D eigenvalue weighted by atomic mass is 16.6. The molecule has 0 saturated carbocycles. The molecule has 0 radical (unpaired) electrons. The maximum atomic E-state index is 13.0. The highest BCUT2D eigenvalue weighted by Gasteiger charge is 2.57. The number of carbonyl (C=O) groups excluding carboxylic acids is 1. The number of carbonyl (C=O) groups is 1. The smallest absolute Gasteiger partial charge is 0.325 e. The molecule has 0 aliphatic carbocycles. The summed E-state index contributed by atoms with van der Waals surface area (Å²) >= 11 is 0. The summed E-state index contributed by atoms with van der Waals surface area (Å²) in [5.41, 5.74) is -1.08. The molecular weight excluding hydrogens is 490 g/mol. The van der Waals surface area contributed by atoms with Crippen molar-refractivity contribution in [3.8, 4) is 0 Å². The van der Waals surface area contributed by atoms with E-state index in [1.165, 1.54) is 7.11 Å². The van der Waals surface area contributed by atoms with Crippen LogP contribution in [0.25, 0.3) is 0 Å². The zero-order valence-corrected chi connectivity index (χ0v) is 25.0. The van der Waals surface area contributed by atoms with Crippen molar-refractivity contribution in [1.29, 1.82) is 0 Å². The second-order valence-corrected chi connectivity index (χ2v) is 10.3. The number of nitrogens with one attached hydrogen (secondary N) is 1. The zero-order chi connectivity index (χ0) is 28.2. The molecule has 9 heteroatoms. The van der Waals surface area contributed by atoms with E-state index in [1.807, 2.05) is 6.92 Å². The van der Waals surface area contributed by atoms with Gasteiger partial charge in [0.2, 0.25) is 0 Å². The van der Waals surface area contributed by atoms with Crippen LogP contribution in [0.1, 0.15) is 92.4 Å². The molecule has 9 nitrogen and oxygen atoms in total. The summed E-state index contributed by atoms with van der Waals surface area (Å²) in [4.78, 5) is 13.0. The third kappa shape index (κ3) is 11.7. The van der Waals surface area contributed by atoms with E-state index < -0.39 is 29.8 Å². The van der Waals surface area contributed by atoms with Gasteiger partial charge in [-0.05, 0) is 39.0 Å². The van der Waals surface area contributed by atoms with Gasteiger partial charge in [0.15, 0.2) is 0 Å². The van der Waals surface area contributed by atoms with Gasteiger partial charge < -0.3 is 33.5 Å². The van der Waals surface area contributed by atoms with E-state index in [0.717, 1.165) is 51.4 Å². The lowest BCUT2D eigenvalue weighted by Gasteiger charge is -2.42. The van der Waals surface area contributed by atoms with Crippen LogP contribution >= 0.6 is 0 Å². The number of rotatable bonds is 24. The molecule has 0 aromatic rings. The molecule has 38 heavy (non-hydrogen) atoms. The Kier molecular flexibility index (Phi) is 19.5. The van der Waals surface area contributed by atoms with Crippen LogP contribution in [0.2, 0.25) is 0 Å². The first-order valence-electron chi connectivity index (χ1n) is 14.9. The molecule has 1 saturated heterocycles. The lowest BCUT2D eigenvalue weighted by molar-refractivity contribution is -0.222. The molecule has 2 unspecified atom stereocenters. The summed E-state index contributed by atoms with van der Waals surface area (Å²) < 4.78 is 36.8. The number of hydrogen-bond acceptors (Lipinski definition) is 9. The minimum atomic E-state index is -1.08. The van der Waals surface area contributed by atoms with Gasteiger partial charge in [-0.2, -0.15) is 0 Å². The van der Waals surface area contributed by atoms with E-state index in [4.69, 9.17) is 28.4 Å². The van der Waals surface area contributed by atoms with Gasteiger partial charge in [0, 0.05) is 32.5 Å². The van der Waals surface area contributed by atoms with Gasteiger partial charge in [-0.15, -0.1) is 0 Å². The van der Waals surface area contributed by atoms with Crippen LogP contribution in [0.15, 0.2) is 0 Å². The van der Waals surface area contributed by atoms with E-state index >= 15 is 0 Å². The maximum absolute atomic E-state index is 13.0. The van der Waals surface area contributed by atoms with Crippen molar-refractivity contribution in [2.45, 2.75) is 128 Å². The zero-order valence-electron chi connectivity index (χ0n) is 25.0. The summed E-state index contributed by atoms with van der Waals surface area (Å²) in [5.74, 6) is -0.444. The van der Waals surface area contributed by atoms with E-state index in [-0.39, 0.29) is 18.8 Å². The molecule has 2 N–H and O–H groups in total. The van der Waals surface area contributed by atoms with Gasteiger partial charge in [-0.1, -0.05) is 53.4 Å². The van der Waals surface area contributed by atoms with Gasteiger partial charge in [-0.3, -0.25) is 10.1 Å². The van der Waals surface area contributed by atoms with Crippen LogP contribution in [0.5, 0.6) is 0 Å². The predicted octanol–water partition coefficient (Wildman–Crippen LogP) is 4.03. The van der Waals surface area contributed by atoms with Crippen LogP contribution in [0.3, 0.4) is 0 Å². The molecule has 1 fully saturated rings. The number of methoxy groups -OCH3 is 1. The average Bonchev–Trinajstić information content (AvgIpc) is 3.31. The summed E-state index contributed by atoms with van der Waals surface area (Å²) in [6, 6.07) is -1.14.